The van der Waals surface area contributed by atoms with Gasteiger partial charge in [0.05, 0.1) is 11.4 Å². The standard InChI is InChI=1S/C10H14N2.C2H6.H2/c1-8(2)7-12-10-6-4-3-5-9(10)11;1-2;/h3-8H,11H2,1-2H3;1-2H3;1H. The lowest BCUT2D eigenvalue weighted by molar-refractivity contribution is 0.907. The molecule has 1 aromatic carbocycles. The van der Waals surface area contributed by atoms with Crippen molar-refractivity contribution in [3.8, 4) is 0 Å². The zero-order valence-corrected chi connectivity index (χ0v) is 9.49. The Morgan fingerprint density at radius 2 is 1.86 bits per heavy atom. The molecule has 0 aromatic heterocycles. The summed E-state index contributed by atoms with van der Waals surface area (Å²) in [6, 6.07) is 7.61. The van der Waals surface area contributed by atoms with Gasteiger partial charge in [0.25, 0.3) is 0 Å². The van der Waals surface area contributed by atoms with Crippen molar-refractivity contribution in [2.75, 3.05) is 5.73 Å². The number of nitrogens with zero attached hydrogens (tertiary/aromatic N) is 1. The molecule has 2 N–H and O–H groups in total. The fourth-order valence-corrected chi connectivity index (χ4v) is 0.834. The molecule has 0 bridgehead atoms. The molecule has 0 fully saturated rings. The smallest absolute Gasteiger partial charge is 0.0855 e. The van der Waals surface area contributed by atoms with Gasteiger partial charge in [-0.2, -0.15) is 0 Å². The lowest BCUT2D eigenvalue weighted by Gasteiger charge is -1.98. The van der Waals surface area contributed by atoms with Gasteiger partial charge in [-0.3, -0.25) is 4.99 Å². The van der Waals surface area contributed by atoms with Crippen molar-refractivity contribution >= 4 is 17.6 Å². The average molecular weight is 194 g/mol. The monoisotopic (exact) mass is 194 g/mol. The Hall–Kier alpha value is -1.31. The van der Waals surface area contributed by atoms with E-state index < -0.39 is 0 Å². The van der Waals surface area contributed by atoms with Crippen molar-refractivity contribution in [3.05, 3.63) is 24.3 Å². The van der Waals surface area contributed by atoms with Gasteiger partial charge < -0.3 is 5.73 Å². The number of para-hydroxylation sites is 2. The van der Waals surface area contributed by atoms with E-state index in [0.717, 1.165) is 11.4 Å². The molecule has 0 spiro atoms. The maximum atomic E-state index is 5.69. The molecule has 0 unspecified atom stereocenters. The van der Waals surface area contributed by atoms with E-state index in [4.69, 9.17) is 5.73 Å². The molecule has 14 heavy (non-hydrogen) atoms. The lowest BCUT2D eigenvalue weighted by atomic mass is 10.2. The highest BCUT2D eigenvalue weighted by atomic mass is 14.8. The molecule has 0 saturated heterocycles. The predicted octanol–water partition coefficient (Wildman–Crippen LogP) is 3.90. The highest BCUT2D eigenvalue weighted by Crippen LogP contribution is 2.19. The first kappa shape index (κ1) is 12.7. The quantitative estimate of drug-likeness (QED) is 0.562. The minimum absolute atomic E-state index is 0. The number of nitrogen functional groups attached to an aromatic ring is 1. The topological polar surface area (TPSA) is 38.4 Å². The highest BCUT2D eigenvalue weighted by molar-refractivity contribution is 5.71. The van der Waals surface area contributed by atoms with Gasteiger partial charge in [0.1, 0.15) is 0 Å². The second-order valence-electron chi connectivity index (χ2n) is 3.08. The van der Waals surface area contributed by atoms with Crippen LogP contribution >= 0.6 is 0 Å². The molecule has 0 saturated carbocycles. The highest BCUT2D eigenvalue weighted by Gasteiger charge is 1.92. The number of rotatable bonds is 2. The van der Waals surface area contributed by atoms with E-state index in [1.54, 1.807) is 0 Å². The van der Waals surface area contributed by atoms with E-state index in [-0.39, 0.29) is 1.43 Å². The second-order valence-corrected chi connectivity index (χ2v) is 3.08. The molecule has 2 nitrogen and oxygen atoms in total. The van der Waals surface area contributed by atoms with Gasteiger partial charge in [-0.05, 0) is 18.1 Å². The Bertz CT molecular complexity index is 283. The Balaban J connectivity index is 0. The van der Waals surface area contributed by atoms with Gasteiger partial charge in [0, 0.05) is 7.64 Å². The van der Waals surface area contributed by atoms with Crippen LogP contribution in [-0.4, -0.2) is 6.21 Å². The third-order valence-corrected chi connectivity index (χ3v) is 1.45. The first-order valence-corrected chi connectivity index (χ1v) is 5.09. The maximum Gasteiger partial charge on any atom is 0.0855 e. The molecule has 0 radical (unpaired) electrons. The Labute approximate surface area is 88.3 Å². The molecule has 0 amide bonds. The average Bonchev–Trinajstić information content (AvgIpc) is 2.19. The lowest BCUT2D eigenvalue weighted by Crippen LogP contribution is -1.88. The minimum Gasteiger partial charge on any atom is -0.397 e. The van der Waals surface area contributed by atoms with Crippen LogP contribution in [0.2, 0.25) is 0 Å². The van der Waals surface area contributed by atoms with Gasteiger partial charge >= 0.3 is 0 Å². The molecule has 80 valence electrons. The zero-order valence-electron chi connectivity index (χ0n) is 9.49. The normalized spacial score (nSPS) is 10.1. The van der Waals surface area contributed by atoms with E-state index in [1.807, 2.05) is 44.3 Å². The van der Waals surface area contributed by atoms with Gasteiger partial charge in [0.2, 0.25) is 0 Å². The summed E-state index contributed by atoms with van der Waals surface area (Å²) in [5.41, 5.74) is 7.28. The number of anilines is 1. The Kier molecular flexibility index (Phi) is 6.46. The van der Waals surface area contributed by atoms with E-state index in [9.17, 15) is 0 Å². The maximum absolute atomic E-state index is 5.69. The largest absolute Gasteiger partial charge is 0.397 e. The molecule has 0 aliphatic rings. The first-order valence-electron chi connectivity index (χ1n) is 5.09. The van der Waals surface area contributed by atoms with Crippen LogP contribution in [-0.2, 0) is 0 Å². The summed E-state index contributed by atoms with van der Waals surface area (Å²) in [5.74, 6) is 0.463. The van der Waals surface area contributed by atoms with Gasteiger partial charge in [0.15, 0.2) is 0 Å². The Morgan fingerprint density at radius 1 is 1.29 bits per heavy atom. The summed E-state index contributed by atoms with van der Waals surface area (Å²) < 4.78 is 0. The second kappa shape index (κ2) is 7.13. The zero-order chi connectivity index (χ0) is 11.0. The molecule has 0 atom stereocenters. The van der Waals surface area contributed by atoms with E-state index in [1.165, 1.54) is 0 Å². The van der Waals surface area contributed by atoms with Crippen molar-refractivity contribution in [2.24, 2.45) is 10.9 Å². The molecule has 1 rings (SSSR count). The summed E-state index contributed by atoms with van der Waals surface area (Å²) in [6.45, 7) is 8.17. The van der Waals surface area contributed by atoms with Crippen LogP contribution in [0.5, 0.6) is 0 Å². The number of aliphatic imine (C=N–C) groups is 1. The molecule has 1 aromatic rings. The summed E-state index contributed by atoms with van der Waals surface area (Å²) >= 11 is 0. The number of hydrogen-bond acceptors (Lipinski definition) is 2. The van der Waals surface area contributed by atoms with Crippen molar-refractivity contribution in [2.45, 2.75) is 27.7 Å². The van der Waals surface area contributed by atoms with E-state index in [0.29, 0.717) is 5.92 Å². The van der Waals surface area contributed by atoms with Crippen LogP contribution in [0.3, 0.4) is 0 Å². The molecule has 0 aliphatic carbocycles. The minimum atomic E-state index is 0. The van der Waals surface area contributed by atoms with Gasteiger partial charge in [-0.15, -0.1) is 0 Å². The van der Waals surface area contributed by atoms with Crippen LogP contribution in [0.25, 0.3) is 0 Å². The van der Waals surface area contributed by atoms with Crippen LogP contribution in [0.15, 0.2) is 29.3 Å². The number of benzene rings is 1. The summed E-state index contributed by atoms with van der Waals surface area (Å²) in [5, 5.41) is 0. The van der Waals surface area contributed by atoms with Gasteiger partial charge in [-0.1, -0.05) is 39.8 Å². The molecule has 2 heteroatoms. The molecule has 0 heterocycles. The van der Waals surface area contributed by atoms with Crippen LogP contribution in [0, 0.1) is 5.92 Å². The molecular weight excluding hydrogens is 172 g/mol. The fourth-order valence-electron chi connectivity index (χ4n) is 0.834. The van der Waals surface area contributed by atoms with Crippen molar-refractivity contribution in [1.82, 2.24) is 0 Å². The van der Waals surface area contributed by atoms with E-state index >= 15 is 0 Å². The first-order chi connectivity index (χ1) is 6.70. The summed E-state index contributed by atoms with van der Waals surface area (Å²) in [6.07, 6.45) is 1.89. The van der Waals surface area contributed by atoms with Crippen molar-refractivity contribution in [3.63, 3.8) is 0 Å². The van der Waals surface area contributed by atoms with Crippen LogP contribution in [0.1, 0.15) is 29.1 Å². The predicted molar refractivity (Wildman–Crippen MR) is 67.3 cm³/mol. The third kappa shape index (κ3) is 4.65. The summed E-state index contributed by atoms with van der Waals surface area (Å²) in [4.78, 5) is 4.26. The third-order valence-electron chi connectivity index (χ3n) is 1.45. The molecule has 0 aliphatic heterocycles. The number of nitrogens with two attached hydrogens (primary N) is 1. The SMILES string of the molecule is CC.CC(C)C=Nc1ccccc1N.[HH]. The summed E-state index contributed by atoms with van der Waals surface area (Å²) in [7, 11) is 0. The molecular formula is C12H22N2. The van der Waals surface area contributed by atoms with Crippen molar-refractivity contribution < 1.29 is 1.43 Å². The van der Waals surface area contributed by atoms with Crippen LogP contribution in [0.4, 0.5) is 11.4 Å². The Morgan fingerprint density at radius 3 is 2.36 bits per heavy atom. The van der Waals surface area contributed by atoms with Gasteiger partial charge in [-0.25, -0.2) is 0 Å². The van der Waals surface area contributed by atoms with E-state index in [2.05, 4.69) is 18.8 Å². The number of hydrogen-bond donors (Lipinski definition) is 1. The van der Waals surface area contributed by atoms with Crippen LogP contribution < -0.4 is 5.73 Å². The fraction of sp³-hybridized carbons (Fsp3) is 0.417. The van der Waals surface area contributed by atoms with Crippen molar-refractivity contribution in [1.29, 1.82) is 0 Å².